The molecule has 0 bridgehead atoms. The van der Waals surface area contributed by atoms with E-state index in [9.17, 15) is 14.3 Å². The van der Waals surface area contributed by atoms with Gasteiger partial charge in [-0.3, -0.25) is 9.69 Å². The Labute approximate surface area is 212 Å². The van der Waals surface area contributed by atoms with Crippen molar-refractivity contribution in [3.8, 4) is 11.5 Å². The SMILES string of the molecule is Cc1cc(O)c(CN2CCN(c3ccc(F)cc3)CC2)c2c1C(=O)/C(=C/c1c(Cl)cccc1Cl)O2. The molecule has 2 heterocycles. The van der Waals surface area contributed by atoms with E-state index in [2.05, 4.69) is 9.80 Å². The fourth-order valence-electron chi connectivity index (χ4n) is 4.55. The van der Waals surface area contributed by atoms with E-state index >= 15 is 0 Å². The number of fused-ring (bicyclic) bond motifs is 1. The Hall–Kier alpha value is -3.06. The molecule has 2 aliphatic heterocycles. The molecule has 2 aliphatic rings. The van der Waals surface area contributed by atoms with E-state index in [1.807, 2.05) is 0 Å². The largest absolute Gasteiger partial charge is 0.507 e. The second-order valence-electron chi connectivity index (χ2n) is 8.71. The average Bonchev–Trinajstić information content (AvgIpc) is 3.16. The summed E-state index contributed by atoms with van der Waals surface area (Å²) in [6.45, 7) is 5.21. The summed E-state index contributed by atoms with van der Waals surface area (Å²) >= 11 is 12.6. The zero-order valence-corrected chi connectivity index (χ0v) is 20.5. The molecule has 0 spiro atoms. The van der Waals surface area contributed by atoms with E-state index in [-0.39, 0.29) is 23.1 Å². The Morgan fingerprint density at radius 3 is 2.37 bits per heavy atom. The summed E-state index contributed by atoms with van der Waals surface area (Å²) in [4.78, 5) is 17.6. The van der Waals surface area contributed by atoms with Crippen LogP contribution < -0.4 is 9.64 Å². The Balaban J connectivity index is 1.38. The highest BCUT2D eigenvalue weighted by atomic mass is 35.5. The number of ether oxygens (including phenoxy) is 1. The number of benzene rings is 3. The number of hydrogen-bond donors (Lipinski definition) is 1. The van der Waals surface area contributed by atoms with Gasteiger partial charge in [0.15, 0.2) is 5.76 Å². The minimum atomic E-state index is -0.268. The fraction of sp³-hybridized carbons (Fsp3) is 0.222. The Bertz CT molecular complexity index is 1310. The molecule has 3 aromatic rings. The minimum Gasteiger partial charge on any atom is -0.507 e. The van der Waals surface area contributed by atoms with Crippen LogP contribution in [0.5, 0.6) is 11.5 Å². The average molecular weight is 513 g/mol. The van der Waals surface area contributed by atoms with Crippen molar-refractivity contribution >= 4 is 40.7 Å². The van der Waals surface area contributed by atoms with Crippen LogP contribution >= 0.6 is 23.2 Å². The number of phenols is 1. The zero-order valence-electron chi connectivity index (χ0n) is 19.0. The third-order valence-electron chi connectivity index (χ3n) is 6.44. The molecule has 5 nitrogen and oxygen atoms in total. The normalized spacial score (nSPS) is 17.1. The molecule has 1 N–H and O–H groups in total. The lowest BCUT2D eigenvalue weighted by molar-refractivity contribution is 0.101. The maximum absolute atomic E-state index is 13.2. The number of nitrogens with zero attached hydrogens (tertiary/aromatic N) is 2. The van der Waals surface area contributed by atoms with Gasteiger partial charge in [0.05, 0.1) is 11.1 Å². The van der Waals surface area contributed by atoms with Gasteiger partial charge in [0.1, 0.15) is 17.3 Å². The second kappa shape index (κ2) is 9.53. The summed E-state index contributed by atoms with van der Waals surface area (Å²) in [5.74, 6) is 0.0627. The number of aromatic hydroxyl groups is 1. The van der Waals surface area contributed by atoms with Crippen molar-refractivity contribution in [2.45, 2.75) is 13.5 Å². The number of allylic oxidation sites excluding steroid dienone is 1. The third kappa shape index (κ3) is 4.61. The Kier molecular flexibility index (Phi) is 6.45. The molecule has 0 aromatic heterocycles. The highest BCUT2D eigenvalue weighted by molar-refractivity contribution is 6.37. The summed E-state index contributed by atoms with van der Waals surface area (Å²) in [5.41, 5.74) is 3.14. The molecular formula is C27H23Cl2FN2O3. The van der Waals surface area contributed by atoms with Crippen molar-refractivity contribution in [1.82, 2.24) is 4.90 Å². The van der Waals surface area contributed by atoms with Gasteiger partial charge >= 0.3 is 0 Å². The molecule has 1 saturated heterocycles. The van der Waals surface area contributed by atoms with Gasteiger partial charge < -0.3 is 14.7 Å². The van der Waals surface area contributed by atoms with Crippen molar-refractivity contribution in [3.05, 3.63) is 92.4 Å². The highest BCUT2D eigenvalue weighted by Crippen LogP contribution is 2.43. The van der Waals surface area contributed by atoms with Crippen LogP contribution in [0.1, 0.15) is 27.0 Å². The summed E-state index contributed by atoms with van der Waals surface area (Å²) in [6.07, 6.45) is 1.55. The molecule has 0 radical (unpaired) electrons. The zero-order chi connectivity index (χ0) is 24.7. The molecule has 180 valence electrons. The third-order valence-corrected chi connectivity index (χ3v) is 7.10. The van der Waals surface area contributed by atoms with Crippen molar-refractivity contribution in [2.75, 3.05) is 31.1 Å². The van der Waals surface area contributed by atoms with Gasteiger partial charge in [0, 0.05) is 54.0 Å². The van der Waals surface area contributed by atoms with E-state index in [4.69, 9.17) is 27.9 Å². The van der Waals surface area contributed by atoms with Gasteiger partial charge in [-0.1, -0.05) is 29.3 Å². The van der Waals surface area contributed by atoms with E-state index in [0.29, 0.717) is 44.6 Å². The quantitative estimate of drug-likeness (QED) is 0.429. The monoisotopic (exact) mass is 512 g/mol. The first-order chi connectivity index (χ1) is 16.8. The number of carbonyl (C=O) groups is 1. The van der Waals surface area contributed by atoms with Crippen molar-refractivity contribution < 1.29 is 19.0 Å². The fourth-order valence-corrected chi connectivity index (χ4v) is 5.06. The van der Waals surface area contributed by atoms with Gasteiger partial charge in [0.25, 0.3) is 0 Å². The van der Waals surface area contributed by atoms with Crippen LogP contribution in [0.3, 0.4) is 0 Å². The van der Waals surface area contributed by atoms with Crippen molar-refractivity contribution in [3.63, 3.8) is 0 Å². The van der Waals surface area contributed by atoms with Gasteiger partial charge in [-0.2, -0.15) is 0 Å². The van der Waals surface area contributed by atoms with Gasteiger partial charge in [0.2, 0.25) is 5.78 Å². The number of anilines is 1. The van der Waals surface area contributed by atoms with Crippen LogP contribution in [0.15, 0.2) is 54.3 Å². The summed E-state index contributed by atoms with van der Waals surface area (Å²) in [6, 6.07) is 13.2. The number of halogens is 3. The van der Waals surface area contributed by atoms with Crippen LogP contribution in [0.25, 0.3) is 6.08 Å². The number of hydrogen-bond acceptors (Lipinski definition) is 5. The van der Waals surface area contributed by atoms with E-state index in [1.54, 1.807) is 49.4 Å². The number of carbonyl (C=O) groups excluding carboxylic acids is 1. The second-order valence-corrected chi connectivity index (χ2v) is 9.52. The van der Waals surface area contributed by atoms with Crippen LogP contribution in [-0.2, 0) is 6.54 Å². The molecule has 1 fully saturated rings. The number of ketones is 1. The Morgan fingerprint density at radius 2 is 1.71 bits per heavy atom. The van der Waals surface area contributed by atoms with E-state index in [0.717, 1.165) is 31.9 Å². The standard InChI is InChI=1S/C27H23Cl2FN2O3/c1-16-13-23(33)20(15-31-9-11-32(12-10-31)18-7-5-17(30)6-8-18)27-25(16)26(34)24(35-27)14-19-21(28)3-2-4-22(19)29/h2-8,13-14,33H,9-12,15H2,1H3/b24-14-. The predicted molar refractivity (Wildman–Crippen MR) is 136 cm³/mol. The van der Waals surface area contributed by atoms with Gasteiger partial charge in [-0.15, -0.1) is 0 Å². The lowest BCUT2D eigenvalue weighted by atomic mass is 9.99. The number of piperazine rings is 1. The smallest absolute Gasteiger partial charge is 0.232 e. The maximum Gasteiger partial charge on any atom is 0.232 e. The summed E-state index contributed by atoms with van der Waals surface area (Å²) in [7, 11) is 0. The summed E-state index contributed by atoms with van der Waals surface area (Å²) < 4.78 is 19.3. The van der Waals surface area contributed by atoms with Crippen LogP contribution in [0, 0.1) is 12.7 Å². The van der Waals surface area contributed by atoms with Crippen molar-refractivity contribution in [1.29, 1.82) is 0 Å². The van der Waals surface area contributed by atoms with Gasteiger partial charge in [-0.25, -0.2) is 4.39 Å². The first-order valence-corrected chi connectivity index (χ1v) is 12.0. The molecule has 35 heavy (non-hydrogen) atoms. The molecule has 0 unspecified atom stereocenters. The lowest BCUT2D eigenvalue weighted by Gasteiger charge is -2.36. The molecular weight excluding hydrogens is 490 g/mol. The maximum atomic E-state index is 13.2. The number of rotatable bonds is 4. The molecule has 3 aromatic carbocycles. The van der Waals surface area contributed by atoms with Crippen molar-refractivity contribution in [2.24, 2.45) is 0 Å². The molecule has 0 amide bonds. The highest BCUT2D eigenvalue weighted by Gasteiger charge is 2.34. The lowest BCUT2D eigenvalue weighted by Crippen LogP contribution is -2.46. The topological polar surface area (TPSA) is 53.0 Å². The molecule has 0 atom stereocenters. The number of phenolic OH excluding ortho intramolecular Hbond substituents is 1. The Morgan fingerprint density at radius 1 is 1.06 bits per heavy atom. The first kappa shape index (κ1) is 23.7. The van der Waals surface area contributed by atoms with Gasteiger partial charge in [-0.05, 0) is 61.0 Å². The molecule has 5 rings (SSSR count). The number of Topliss-reactive ketones (excluding diaryl/α,β-unsaturated/α-hetero) is 1. The first-order valence-electron chi connectivity index (χ1n) is 11.3. The van der Waals surface area contributed by atoms with Crippen LogP contribution in [0.4, 0.5) is 10.1 Å². The molecule has 0 saturated carbocycles. The van der Waals surface area contributed by atoms with E-state index in [1.165, 1.54) is 12.1 Å². The summed E-state index contributed by atoms with van der Waals surface area (Å²) in [5, 5.41) is 11.6. The van der Waals surface area contributed by atoms with Crippen LogP contribution in [0.2, 0.25) is 10.0 Å². The predicted octanol–water partition coefficient (Wildman–Crippen LogP) is 6.08. The van der Waals surface area contributed by atoms with Crippen LogP contribution in [-0.4, -0.2) is 42.0 Å². The molecule has 8 heteroatoms. The minimum absolute atomic E-state index is 0.0899. The molecule has 0 aliphatic carbocycles. The number of aryl methyl sites for hydroxylation is 1. The van der Waals surface area contributed by atoms with E-state index < -0.39 is 0 Å².